The standard InChI is InChI=1S/C21H26Cl2N4O4/c22-18-2-1-16(9-19(18)23)31-15-3-5-26(6-4-15)11-17-12-27(7-8-30-17)21(29)20-14(13-28)10-24-25-20/h1-2,9-10,15,17,28H,3-8,11-13H2,(H,24,25). The third-order valence-electron chi connectivity index (χ3n) is 5.72. The number of aliphatic hydroxyl groups excluding tert-OH is 1. The normalized spacial score (nSPS) is 20.7. The van der Waals surface area contributed by atoms with Crippen LogP contribution in [0.1, 0.15) is 28.9 Å². The number of carbonyl (C=O) groups excluding carboxylic acids is 1. The smallest absolute Gasteiger partial charge is 0.272 e. The number of aliphatic hydroxyl groups is 1. The summed E-state index contributed by atoms with van der Waals surface area (Å²) in [7, 11) is 0. The van der Waals surface area contributed by atoms with Crippen LogP contribution < -0.4 is 4.74 Å². The van der Waals surface area contributed by atoms with Crippen molar-refractivity contribution in [3.05, 3.63) is 45.7 Å². The lowest BCUT2D eigenvalue weighted by molar-refractivity contribution is -0.0416. The van der Waals surface area contributed by atoms with E-state index in [1.165, 1.54) is 6.20 Å². The van der Waals surface area contributed by atoms with Gasteiger partial charge in [0.05, 0.1) is 35.6 Å². The van der Waals surface area contributed by atoms with Crippen LogP contribution in [0, 0.1) is 0 Å². The molecule has 4 rings (SSSR count). The van der Waals surface area contributed by atoms with Crippen LogP contribution in [-0.4, -0.2) is 82.5 Å². The first-order valence-corrected chi connectivity index (χ1v) is 11.2. The van der Waals surface area contributed by atoms with Gasteiger partial charge in [-0.05, 0) is 25.0 Å². The molecule has 1 amide bonds. The van der Waals surface area contributed by atoms with Crippen molar-refractivity contribution in [2.75, 3.05) is 39.3 Å². The van der Waals surface area contributed by atoms with E-state index in [1.54, 1.807) is 17.0 Å². The lowest BCUT2D eigenvalue weighted by atomic mass is 10.1. The van der Waals surface area contributed by atoms with E-state index in [4.69, 9.17) is 32.7 Å². The molecule has 0 saturated carbocycles. The Morgan fingerprint density at radius 3 is 2.81 bits per heavy atom. The minimum absolute atomic E-state index is 0.0502. The largest absolute Gasteiger partial charge is 0.490 e. The molecule has 0 spiro atoms. The summed E-state index contributed by atoms with van der Waals surface area (Å²) < 4.78 is 12.0. The van der Waals surface area contributed by atoms with Gasteiger partial charge in [-0.1, -0.05) is 23.2 Å². The zero-order chi connectivity index (χ0) is 21.8. The number of aromatic nitrogens is 2. The van der Waals surface area contributed by atoms with Gasteiger partial charge >= 0.3 is 0 Å². The fourth-order valence-electron chi connectivity index (χ4n) is 4.03. The Morgan fingerprint density at radius 2 is 2.06 bits per heavy atom. The summed E-state index contributed by atoms with van der Waals surface area (Å²) in [4.78, 5) is 16.9. The van der Waals surface area contributed by atoms with E-state index >= 15 is 0 Å². The molecule has 10 heteroatoms. The molecular formula is C21H26Cl2N4O4. The number of rotatable bonds is 6. The van der Waals surface area contributed by atoms with E-state index in [2.05, 4.69) is 15.1 Å². The van der Waals surface area contributed by atoms with Gasteiger partial charge in [-0.15, -0.1) is 0 Å². The van der Waals surface area contributed by atoms with Crippen molar-refractivity contribution in [2.24, 2.45) is 0 Å². The highest BCUT2D eigenvalue weighted by Gasteiger charge is 2.30. The predicted octanol–water partition coefficient (Wildman–Crippen LogP) is 2.59. The summed E-state index contributed by atoms with van der Waals surface area (Å²) in [6.07, 6.45) is 3.38. The number of likely N-dealkylation sites (tertiary alicyclic amines) is 1. The molecule has 2 aliphatic rings. The Labute approximate surface area is 191 Å². The molecule has 1 unspecified atom stereocenters. The Kier molecular flexibility index (Phi) is 7.35. The predicted molar refractivity (Wildman–Crippen MR) is 117 cm³/mol. The highest BCUT2D eigenvalue weighted by Crippen LogP contribution is 2.28. The Hall–Kier alpha value is -1.84. The van der Waals surface area contributed by atoms with E-state index in [9.17, 15) is 9.90 Å². The lowest BCUT2D eigenvalue weighted by Gasteiger charge is -2.38. The van der Waals surface area contributed by atoms with Gasteiger partial charge in [-0.2, -0.15) is 5.10 Å². The van der Waals surface area contributed by atoms with Crippen molar-refractivity contribution in [2.45, 2.75) is 31.7 Å². The van der Waals surface area contributed by atoms with E-state index in [0.717, 1.165) is 38.2 Å². The van der Waals surface area contributed by atoms with Crippen molar-refractivity contribution in [1.82, 2.24) is 20.0 Å². The molecule has 0 radical (unpaired) electrons. The number of hydrogen-bond acceptors (Lipinski definition) is 6. The van der Waals surface area contributed by atoms with Crippen molar-refractivity contribution in [3.8, 4) is 5.75 Å². The van der Waals surface area contributed by atoms with Crippen LogP contribution in [0.5, 0.6) is 5.75 Å². The summed E-state index contributed by atoms with van der Waals surface area (Å²) in [5.41, 5.74) is 0.862. The molecule has 0 bridgehead atoms. The number of piperidine rings is 1. The van der Waals surface area contributed by atoms with Crippen molar-refractivity contribution >= 4 is 29.1 Å². The average molecular weight is 469 g/mol. The number of H-pyrrole nitrogens is 1. The number of amides is 1. The first-order chi connectivity index (χ1) is 15.0. The number of ether oxygens (including phenoxy) is 2. The molecule has 2 fully saturated rings. The summed E-state index contributed by atoms with van der Waals surface area (Å²) in [6.45, 7) is 3.88. The number of hydrogen-bond donors (Lipinski definition) is 2. The Morgan fingerprint density at radius 1 is 1.26 bits per heavy atom. The maximum Gasteiger partial charge on any atom is 0.272 e. The molecule has 8 nitrogen and oxygen atoms in total. The Bertz CT molecular complexity index is 901. The van der Waals surface area contributed by atoms with Gasteiger partial charge in [0.25, 0.3) is 5.91 Å². The minimum atomic E-state index is -0.218. The van der Waals surface area contributed by atoms with Crippen LogP contribution in [0.3, 0.4) is 0 Å². The van der Waals surface area contributed by atoms with Crippen LogP contribution in [0.4, 0.5) is 0 Å². The van der Waals surface area contributed by atoms with Crippen molar-refractivity contribution in [3.63, 3.8) is 0 Å². The van der Waals surface area contributed by atoms with E-state index < -0.39 is 0 Å². The van der Waals surface area contributed by atoms with Gasteiger partial charge in [0.2, 0.25) is 0 Å². The molecular weight excluding hydrogens is 443 g/mol. The second kappa shape index (κ2) is 10.2. The monoisotopic (exact) mass is 468 g/mol. The zero-order valence-electron chi connectivity index (χ0n) is 17.1. The first-order valence-electron chi connectivity index (χ1n) is 10.4. The fraction of sp³-hybridized carbons (Fsp3) is 0.524. The maximum absolute atomic E-state index is 12.8. The molecule has 168 valence electrons. The maximum atomic E-state index is 12.8. The summed E-state index contributed by atoms with van der Waals surface area (Å²) in [5, 5.41) is 17.0. The number of benzene rings is 1. The summed E-state index contributed by atoms with van der Waals surface area (Å²) in [6, 6.07) is 5.33. The van der Waals surface area contributed by atoms with E-state index in [0.29, 0.717) is 41.0 Å². The number of nitrogens with zero attached hydrogens (tertiary/aromatic N) is 3. The molecule has 3 heterocycles. The topological polar surface area (TPSA) is 90.9 Å². The van der Waals surface area contributed by atoms with Gasteiger partial charge in [-0.3, -0.25) is 9.89 Å². The molecule has 31 heavy (non-hydrogen) atoms. The number of halogens is 2. The van der Waals surface area contributed by atoms with Gasteiger partial charge < -0.3 is 24.4 Å². The van der Waals surface area contributed by atoms with Crippen LogP contribution in [0.25, 0.3) is 0 Å². The second-order valence-electron chi connectivity index (χ2n) is 7.87. The van der Waals surface area contributed by atoms with Crippen LogP contribution >= 0.6 is 23.2 Å². The molecule has 1 atom stereocenters. The molecule has 2 N–H and O–H groups in total. The number of carbonyl (C=O) groups is 1. The van der Waals surface area contributed by atoms with Gasteiger partial charge in [0, 0.05) is 44.4 Å². The fourth-order valence-corrected chi connectivity index (χ4v) is 4.32. The van der Waals surface area contributed by atoms with Crippen LogP contribution in [0.2, 0.25) is 10.0 Å². The first kappa shape index (κ1) is 22.4. The quantitative estimate of drug-likeness (QED) is 0.676. The number of morpholine rings is 1. The van der Waals surface area contributed by atoms with Gasteiger partial charge in [0.1, 0.15) is 17.5 Å². The molecule has 0 aliphatic carbocycles. The average Bonchev–Trinajstić information content (AvgIpc) is 3.26. The van der Waals surface area contributed by atoms with Crippen LogP contribution in [0.15, 0.2) is 24.4 Å². The SMILES string of the molecule is O=C(c1[nH]ncc1CO)N1CCOC(CN2CCC(Oc3ccc(Cl)c(Cl)c3)CC2)C1. The van der Waals surface area contributed by atoms with Crippen molar-refractivity contribution in [1.29, 1.82) is 0 Å². The van der Waals surface area contributed by atoms with E-state index in [1.807, 2.05) is 6.07 Å². The highest BCUT2D eigenvalue weighted by atomic mass is 35.5. The molecule has 2 aromatic rings. The second-order valence-corrected chi connectivity index (χ2v) is 8.68. The number of aromatic amines is 1. The molecule has 2 saturated heterocycles. The lowest BCUT2D eigenvalue weighted by Crippen LogP contribution is -2.51. The third-order valence-corrected chi connectivity index (χ3v) is 6.46. The molecule has 1 aromatic carbocycles. The minimum Gasteiger partial charge on any atom is -0.490 e. The highest BCUT2D eigenvalue weighted by molar-refractivity contribution is 6.42. The number of nitrogens with one attached hydrogen (secondary N) is 1. The Balaban J connectivity index is 1.25. The molecule has 1 aromatic heterocycles. The summed E-state index contributed by atoms with van der Waals surface area (Å²) in [5.74, 6) is 0.585. The van der Waals surface area contributed by atoms with E-state index in [-0.39, 0.29) is 24.7 Å². The molecule has 2 aliphatic heterocycles. The van der Waals surface area contributed by atoms with Crippen LogP contribution in [-0.2, 0) is 11.3 Å². The van der Waals surface area contributed by atoms with Crippen molar-refractivity contribution < 1.29 is 19.4 Å². The zero-order valence-corrected chi connectivity index (χ0v) is 18.6. The van der Waals surface area contributed by atoms with Gasteiger partial charge in [0.15, 0.2) is 0 Å². The summed E-state index contributed by atoms with van der Waals surface area (Å²) >= 11 is 12.0. The van der Waals surface area contributed by atoms with Gasteiger partial charge in [-0.25, -0.2) is 0 Å². The third kappa shape index (κ3) is 5.51.